The highest BCUT2D eigenvalue weighted by atomic mass is 16.5. The standard InChI is InChI=1S/C22H36N4O8/c1-13(2)21(29)17(33-7)23-19(27,15(25-21)31-5)11-9-10-12-20(28)16(32-6)26-22(30,14(3)4)18(24-20)34-8/h9-10,13-14,27-30H,11-12H2,1-8H3/b10-9+/t19-,20-,21+,22+/m0/s1. The predicted octanol–water partition coefficient (Wildman–Crippen LogP) is 0.596. The van der Waals surface area contributed by atoms with Crippen LogP contribution in [0.5, 0.6) is 0 Å². The van der Waals surface area contributed by atoms with Crippen molar-refractivity contribution in [1.82, 2.24) is 0 Å². The van der Waals surface area contributed by atoms with Gasteiger partial charge in [0.2, 0.25) is 46.5 Å². The number of rotatable bonds is 6. The molecule has 34 heavy (non-hydrogen) atoms. The lowest BCUT2D eigenvalue weighted by Gasteiger charge is -2.37. The maximum atomic E-state index is 11.1. The van der Waals surface area contributed by atoms with E-state index >= 15 is 0 Å². The molecule has 192 valence electrons. The molecule has 0 amide bonds. The minimum absolute atomic E-state index is 0.118. The first-order valence-corrected chi connectivity index (χ1v) is 10.9. The van der Waals surface area contributed by atoms with Crippen LogP contribution in [-0.2, 0) is 18.9 Å². The maximum Gasteiger partial charge on any atom is 0.243 e. The van der Waals surface area contributed by atoms with E-state index in [0.717, 1.165) is 0 Å². The molecule has 12 nitrogen and oxygen atoms in total. The van der Waals surface area contributed by atoms with Crippen LogP contribution in [0.25, 0.3) is 0 Å². The van der Waals surface area contributed by atoms with Gasteiger partial charge in [0.1, 0.15) is 0 Å². The fraction of sp³-hybridized carbons (Fsp3) is 0.727. The third kappa shape index (κ3) is 4.81. The van der Waals surface area contributed by atoms with Crippen LogP contribution in [0.1, 0.15) is 40.5 Å². The largest absolute Gasteiger partial charge is 0.481 e. The van der Waals surface area contributed by atoms with Gasteiger partial charge in [0.15, 0.2) is 0 Å². The van der Waals surface area contributed by atoms with Crippen molar-refractivity contribution < 1.29 is 39.4 Å². The van der Waals surface area contributed by atoms with Crippen molar-refractivity contribution >= 4 is 23.6 Å². The Kier molecular flexibility index (Phi) is 8.13. The highest BCUT2D eigenvalue weighted by Gasteiger charge is 2.50. The Morgan fingerprint density at radius 1 is 0.588 bits per heavy atom. The number of aliphatic hydroxyl groups is 4. The molecule has 0 aliphatic carbocycles. The van der Waals surface area contributed by atoms with Gasteiger partial charge in [-0.15, -0.1) is 0 Å². The molecule has 0 aromatic carbocycles. The molecule has 4 N–H and O–H groups in total. The van der Waals surface area contributed by atoms with Gasteiger partial charge >= 0.3 is 0 Å². The monoisotopic (exact) mass is 484 g/mol. The second kappa shape index (κ2) is 9.98. The van der Waals surface area contributed by atoms with E-state index in [4.69, 9.17) is 18.9 Å². The lowest BCUT2D eigenvalue weighted by molar-refractivity contribution is 0.0181. The van der Waals surface area contributed by atoms with Crippen LogP contribution in [0.15, 0.2) is 32.1 Å². The van der Waals surface area contributed by atoms with Crippen molar-refractivity contribution in [3.05, 3.63) is 12.2 Å². The Morgan fingerprint density at radius 3 is 1.12 bits per heavy atom. The van der Waals surface area contributed by atoms with Gasteiger partial charge in [-0.1, -0.05) is 39.8 Å². The third-order valence-electron chi connectivity index (χ3n) is 5.79. The minimum Gasteiger partial charge on any atom is -0.481 e. The summed E-state index contributed by atoms with van der Waals surface area (Å²) in [6, 6.07) is 0. The number of ether oxygens (including phenoxy) is 4. The number of nitrogens with zero attached hydrogens (tertiary/aromatic N) is 4. The highest BCUT2D eigenvalue weighted by Crippen LogP contribution is 2.33. The molecule has 4 atom stereocenters. The molecule has 2 heterocycles. The van der Waals surface area contributed by atoms with Crippen molar-refractivity contribution in [3.8, 4) is 0 Å². The molecule has 0 aromatic rings. The van der Waals surface area contributed by atoms with Crippen molar-refractivity contribution in [2.45, 2.75) is 63.4 Å². The smallest absolute Gasteiger partial charge is 0.243 e. The summed E-state index contributed by atoms with van der Waals surface area (Å²) < 4.78 is 20.8. The molecule has 0 radical (unpaired) electrons. The first kappa shape index (κ1) is 27.7. The summed E-state index contributed by atoms with van der Waals surface area (Å²) in [4.78, 5) is 16.6. The number of methoxy groups -OCH3 is 4. The van der Waals surface area contributed by atoms with E-state index in [0.29, 0.717) is 0 Å². The Balaban J connectivity index is 2.30. The highest BCUT2D eigenvalue weighted by molar-refractivity contribution is 5.98. The van der Waals surface area contributed by atoms with Gasteiger partial charge in [-0.3, -0.25) is 0 Å². The topological polar surface area (TPSA) is 167 Å². The summed E-state index contributed by atoms with van der Waals surface area (Å²) in [6.45, 7) is 6.91. The van der Waals surface area contributed by atoms with E-state index in [1.54, 1.807) is 27.7 Å². The predicted molar refractivity (Wildman–Crippen MR) is 126 cm³/mol. The molecular weight excluding hydrogens is 448 g/mol. The second-order valence-electron chi connectivity index (χ2n) is 8.76. The molecule has 0 unspecified atom stereocenters. The van der Waals surface area contributed by atoms with Gasteiger partial charge in [0.05, 0.1) is 28.4 Å². The van der Waals surface area contributed by atoms with Crippen molar-refractivity contribution in [3.63, 3.8) is 0 Å². The average Bonchev–Trinajstić information content (AvgIpc) is 2.79. The molecule has 2 aliphatic heterocycles. The number of aliphatic imine (C=N–C) groups is 4. The Hall–Kier alpha value is -2.54. The van der Waals surface area contributed by atoms with Gasteiger partial charge in [0.25, 0.3) is 0 Å². The van der Waals surface area contributed by atoms with Gasteiger partial charge in [-0.05, 0) is 0 Å². The van der Waals surface area contributed by atoms with Gasteiger partial charge in [0, 0.05) is 24.7 Å². The fourth-order valence-corrected chi connectivity index (χ4v) is 3.50. The zero-order valence-corrected chi connectivity index (χ0v) is 20.9. The van der Waals surface area contributed by atoms with Crippen LogP contribution >= 0.6 is 0 Å². The zero-order chi connectivity index (χ0) is 25.9. The second-order valence-corrected chi connectivity index (χ2v) is 8.76. The van der Waals surface area contributed by atoms with Crippen molar-refractivity contribution in [2.75, 3.05) is 28.4 Å². The minimum atomic E-state index is -1.94. The van der Waals surface area contributed by atoms with E-state index in [9.17, 15) is 20.4 Å². The van der Waals surface area contributed by atoms with Gasteiger partial charge in [-0.2, -0.15) is 0 Å². The van der Waals surface area contributed by atoms with Crippen LogP contribution in [0.2, 0.25) is 0 Å². The Labute approximate surface area is 199 Å². The van der Waals surface area contributed by atoms with Crippen LogP contribution in [0.3, 0.4) is 0 Å². The van der Waals surface area contributed by atoms with Crippen LogP contribution in [0, 0.1) is 11.8 Å². The van der Waals surface area contributed by atoms with Crippen LogP contribution in [0.4, 0.5) is 0 Å². The number of hydrogen-bond donors (Lipinski definition) is 4. The Morgan fingerprint density at radius 2 is 0.882 bits per heavy atom. The molecule has 0 spiro atoms. The Bertz CT molecular complexity index is 843. The molecule has 0 saturated heterocycles. The summed E-state index contributed by atoms with van der Waals surface area (Å²) >= 11 is 0. The fourth-order valence-electron chi connectivity index (χ4n) is 3.50. The summed E-state index contributed by atoms with van der Waals surface area (Å²) in [6.07, 6.45) is 2.82. The molecule has 2 aliphatic rings. The lowest BCUT2D eigenvalue weighted by atomic mass is 9.96. The third-order valence-corrected chi connectivity index (χ3v) is 5.79. The maximum absolute atomic E-state index is 11.1. The normalized spacial score (nSPS) is 33.9. The van der Waals surface area contributed by atoms with E-state index < -0.39 is 34.7 Å². The van der Waals surface area contributed by atoms with Gasteiger partial charge < -0.3 is 39.4 Å². The molecule has 0 saturated carbocycles. The van der Waals surface area contributed by atoms with Gasteiger partial charge in [-0.25, -0.2) is 20.0 Å². The molecular formula is C22H36N4O8. The molecule has 0 aromatic heterocycles. The first-order valence-electron chi connectivity index (χ1n) is 10.9. The summed E-state index contributed by atoms with van der Waals surface area (Å²) in [5, 5.41) is 43.8. The average molecular weight is 485 g/mol. The van der Waals surface area contributed by atoms with Crippen molar-refractivity contribution in [1.29, 1.82) is 0 Å². The molecule has 0 bridgehead atoms. The lowest BCUT2D eigenvalue weighted by Crippen LogP contribution is -2.53. The van der Waals surface area contributed by atoms with Crippen molar-refractivity contribution in [2.24, 2.45) is 31.8 Å². The SMILES string of the molecule is COC1=N[C@@](O)(C(C)C)C(OC)=N[C@]1(O)C/C=C/C[C@@]1(O)N=C(OC)[C@](O)(C(C)C)N=C1OC. The van der Waals surface area contributed by atoms with Crippen LogP contribution in [-0.4, -0.2) is 95.4 Å². The van der Waals surface area contributed by atoms with E-state index in [2.05, 4.69) is 20.0 Å². The molecule has 2 rings (SSSR count). The quantitative estimate of drug-likeness (QED) is 0.398. The molecule has 0 fully saturated rings. The summed E-state index contributed by atoms with van der Waals surface area (Å²) in [7, 11) is 5.27. The van der Waals surface area contributed by atoms with Crippen LogP contribution < -0.4 is 0 Å². The zero-order valence-electron chi connectivity index (χ0n) is 20.9. The number of hydrogen-bond acceptors (Lipinski definition) is 12. The summed E-state index contributed by atoms with van der Waals surface area (Å²) in [5.74, 6) is -1.48. The first-order chi connectivity index (χ1) is 15.8. The van der Waals surface area contributed by atoms with E-state index in [-0.39, 0.29) is 36.4 Å². The van der Waals surface area contributed by atoms with E-state index in [1.807, 2.05) is 0 Å². The molecule has 12 heteroatoms. The summed E-state index contributed by atoms with van der Waals surface area (Å²) in [5.41, 5.74) is -7.45. The van der Waals surface area contributed by atoms with E-state index in [1.165, 1.54) is 40.6 Å².